The first kappa shape index (κ1) is 14.9. The fourth-order valence-electron chi connectivity index (χ4n) is 1.22. The number of hydrogen-bond donors (Lipinski definition) is 0. The molecule has 0 fully saturated rings. The molecule has 0 radical (unpaired) electrons. The number of aromatic nitrogens is 1. The average molecular weight is 316 g/mol. The van der Waals surface area contributed by atoms with Crippen molar-refractivity contribution in [2.75, 3.05) is 6.61 Å². The molecule has 0 aliphatic rings. The molecule has 0 saturated carbocycles. The number of hydrogen-bond acceptors (Lipinski definition) is 2. The highest BCUT2D eigenvalue weighted by Crippen LogP contribution is 2.36. The van der Waals surface area contributed by atoms with Crippen LogP contribution in [0.2, 0.25) is 18.1 Å². The van der Waals surface area contributed by atoms with E-state index in [1.807, 2.05) is 18.3 Å². The molecule has 0 N–H and O–H groups in total. The summed E-state index contributed by atoms with van der Waals surface area (Å²) in [5, 5.41) is 0.272. The van der Waals surface area contributed by atoms with Crippen LogP contribution in [-0.2, 0) is 10.8 Å². The molecule has 0 saturated heterocycles. The summed E-state index contributed by atoms with van der Waals surface area (Å²) in [6, 6.07) is 3.96. The second kappa shape index (κ2) is 5.63. The molecule has 1 heterocycles. The van der Waals surface area contributed by atoms with Gasteiger partial charge in [0.05, 0.1) is 5.69 Å². The van der Waals surface area contributed by atoms with Gasteiger partial charge in [-0.1, -0.05) is 20.8 Å². The van der Waals surface area contributed by atoms with E-state index in [0.29, 0.717) is 0 Å². The summed E-state index contributed by atoms with van der Waals surface area (Å²) in [7, 11) is -1.62. The van der Waals surface area contributed by atoms with Crippen molar-refractivity contribution in [2.45, 2.75) is 45.3 Å². The summed E-state index contributed by atoms with van der Waals surface area (Å²) in [5.74, 6) is 0. The van der Waals surface area contributed by atoms with Crippen LogP contribution in [-0.4, -0.2) is 19.9 Å². The Morgan fingerprint density at radius 2 is 2.00 bits per heavy atom. The van der Waals surface area contributed by atoms with Gasteiger partial charge >= 0.3 is 0 Å². The third kappa shape index (κ3) is 4.19. The van der Waals surface area contributed by atoms with E-state index in [1.165, 1.54) is 0 Å². The molecular formula is C13H22BrNOSi. The van der Waals surface area contributed by atoms with E-state index >= 15 is 0 Å². The highest BCUT2D eigenvalue weighted by atomic mass is 79.9. The third-order valence-corrected chi connectivity index (χ3v) is 8.70. The summed E-state index contributed by atoms with van der Waals surface area (Å²) in [5.41, 5.74) is 1.08. The first-order chi connectivity index (χ1) is 7.74. The van der Waals surface area contributed by atoms with Crippen LogP contribution in [0.1, 0.15) is 26.5 Å². The van der Waals surface area contributed by atoms with E-state index < -0.39 is 8.32 Å². The van der Waals surface area contributed by atoms with E-state index in [9.17, 15) is 0 Å². The number of pyridine rings is 1. The van der Waals surface area contributed by atoms with Crippen molar-refractivity contribution in [1.29, 1.82) is 0 Å². The number of rotatable bonds is 4. The van der Waals surface area contributed by atoms with E-state index in [0.717, 1.165) is 23.2 Å². The second-order valence-corrected chi connectivity index (χ2v) is 11.5. The lowest BCUT2D eigenvalue weighted by Gasteiger charge is -2.36. The lowest BCUT2D eigenvalue weighted by Crippen LogP contribution is -2.41. The van der Waals surface area contributed by atoms with Crippen LogP contribution in [0.25, 0.3) is 0 Å². The fourth-order valence-corrected chi connectivity index (χ4v) is 2.72. The molecule has 2 nitrogen and oxygen atoms in total. The molecule has 0 spiro atoms. The highest BCUT2D eigenvalue weighted by Gasteiger charge is 2.36. The molecule has 96 valence electrons. The zero-order valence-corrected chi connectivity index (χ0v) is 14.0. The summed E-state index contributed by atoms with van der Waals surface area (Å²) < 4.78 is 7.20. The Kier molecular flexibility index (Phi) is 4.92. The molecule has 0 aliphatic carbocycles. The van der Waals surface area contributed by atoms with Gasteiger partial charge in [-0.3, -0.25) is 4.98 Å². The van der Waals surface area contributed by atoms with E-state index in [-0.39, 0.29) is 5.04 Å². The van der Waals surface area contributed by atoms with E-state index in [1.54, 1.807) is 0 Å². The van der Waals surface area contributed by atoms with E-state index in [4.69, 9.17) is 4.43 Å². The largest absolute Gasteiger partial charge is 0.416 e. The molecule has 0 atom stereocenters. The zero-order chi connectivity index (χ0) is 13.1. The Labute approximate surface area is 114 Å². The smallest absolute Gasteiger partial charge is 0.191 e. The van der Waals surface area contributed by atoms with Crippen molar-refractivity contribution in [1.82, 2.24) is 4.98 Å². The fraction of sp³-hybridized carbons (Fsp3) is 0.615. The third-order valence-electron chi connectivity index (χ3n) is 3.44. The van der Waals surface area contributed by atoms with Crippen LogP contribution < -0.4 is 0 Å². The van der Waals surface area contributed by atoms with Crippen LogP contribution in [0.5, 0.6) is 0 Å². The second-order valence-electron chi connectivity index (χ2n) is 5.79. The van der Waals surface area contributed by atoms with Crippen molar-refractivity contribution in [3.8, 4) is 0 Å². The van der Waals surface area contributed by atoms with Crippen molar-refractivity contribution in [3.05, 3.63) is 28.5 Å². The van der Waals surface area contributed by atoms with Crippen LogP contribution in [0.15, 0.2) is 22.8 Å². The van der Waals surface area contributed by atoms with Crippen molar-refractivity contribution in [3.63, 3.8) is 0 Å². The Morgan fingerprint density at radius 3 is 2.53 bits per heavy atom. The van der Waals surface area contributed by atoms with Crippen molar-refractivity contribution < 1.29 is 4.43 Å². The minimum absolute atomic E-state index is 0.272. The topological polar surface area (TPSA) is 22.1 Å². The van der Waals surface area contributed by atoms with Crippen LogP contribution in [0.3, 0.4) is 0 Å². The average Bonchev–Trinajstić information content (AvgIpc) is 2.19. The SMILES string of the molecule is CC(C)(C)[Si](C)(C)OCCc1ncccc1Br. The summed E-state index contributed by atoms with van der Waals surface area (Å²) in [6.45, 7) is 12.1. The van der Waals surface area contributed by atoms with Gasteiger partial charge in [0.1, 0.15) is 0 Å². The van der Waals surface area contributed by atoms with Gasteiger partial charge in [-0.15, -0.1) is 0 Å². The first-order valence-electron chi connectivity index (χ1n) is 5.97. The summed E-state index contributed by atoms with van der Waals surface area (Å²) >= 11 is 3.51. The molecule has 1 aromatic heterocycles. The molecule has 0 amide bonds. The normalized spacial score (nSPS) is 12.8. The highest BCUT2D eigenvalue weighted by molar-refractivity contribution is 9.10. The van der Waals surface area contributed by atoms with E-state index in [2.05, 4.69) is 54.8 Å². The maximum atomic E-state index is 6.13. The minimum atomic E-state index is -1.62. The lowest BCUT2D eigenvalue weighted by molar-refractivity contribution is 0.290. The maximum absolute atomic E-state index is 6.13. The van der Waals surface area contributed by atoms with Gasteiger partial charge in [0.15, 0.2) is 8.32 Å². The Hall–Kier alpha value is -0.193. The standard InChI is InChI=1S/C13H22BrNOSi/c1-13(2,3)17(4,5)16-10-8-12-11(14)7-6-9-15-12/h6-7,9H,8,10H2,1-5H3. The van der Waals surface area contributed by atoms with Gasteiger partial charge < -0.3 is 4.43 Å². The molecule has 0 aromatic carbocycles. The zero-order valence-electron chi connectivity index (χ0n) is 11.4. The van der Waals surface area contributed by atoms with Gasteiger partial charge in [0.2, 0.25) is 0 Å². The lowest BCUT2D eigenvalue weighted by atomic mass is 10.2. The van der Waals surface area contributed by atoms with Gasteiger partial charge in [-0.2, -0.15) is 0 Å². The Bertz CT molecular complexity index is 374. The Morgan fingerprint density at radius 1 is 1.35 bits per heavy atom. The van der Waals surface area contributed by atoms with Gasteiger partial charge in [-0.25, -0.2) is 0 Å². The quantitative estimate of drug-likeness (QED) is 0.768. The van der Waals surface area contributed by atoms with Gasteiger partial charge in [-0.05, 0) is 46.2 Å². The van der Waals surface area contributed by atoms with Crippen molar-refractivity contribution in [2.24, 2.45) is 0 Å². The monoisotopic (exact) mass is 315 g/mol. The predicted molar refractivity (Wildman–Crippen MR) is 78.8 cm³/mol. The van der Waals surface area contributed by atoms with Crippen LogP contribution in [0, 0.1) is 0 Å². The number of halogens is 1. The molecule has 0 unspecified atom stereocenters. The molecule has 4 heteroatoms. The molecular weight excluding hydrogens is 294 g/mol. The molecule has 1 rings (SSSR count). The predicted octanol–water partition coefficient (Wildman–Crippen LogP) is 4.41. The Balaban J connectivity index is 2.52. The first-order valence-corrected chi connectivity index (χ1v) is 9.67. The van der Waals surface area contributed by atoms with Crippen LogP contribution in [0.4, 0.5) is 0 Å². The summed E-state index contributed by atoms with van der Waals surface area (Å²) in [4.78, 5) is 4.35. The van der Waals surface area contributed by atoms with Crippen LogP contribution >= 0.6 is 15.9 Å². The van der Waals surface area contributed by atoms with Gasteiger partial charge in [0, 0.05) is 23.7 Å². The maximum Gasteiger partial charge on any atom is 0.191 e. The molecule has 0 bridgehead atoms. The van der Waals surface area contributed by atoms with Crippen molar-refractivity contribution >= 4 is 24.2 Å². The minimum Gasteiger partial charge on any atom is -0.416 e. The number of nitrogens with zero attached hydrogens (tertiary/aromatic N) is 1. The molecule has 1 aromatic rings. The summed E-state index contributed by atoms with van der Waals surface area (Å²) in [6.07, 6.45) is 2.69. The molecule has 17 heavy (non-hydrogen) atoms. The molecule has 0 aliphatic heterocycles. The van der Waals surface area contributed by atoms with Gasteiger partial charge in [0.25, 0.3) is 0 Å².